The molecule has 1 heterocycles. The van der Waals surface area contributed by atoms with E-state index in [1.165, 1.54) is 0 Å². The molecular formula is C14H20N5+. The van der Waals surface area contributed by atoms with E-state index >= 15 is 0 Å². The molecule has 0 saturated heterocycles. The lowest BCUT2D eigenvalue weighted by atomic mass is 10.3. The van der Waals surface area contributed by atoms with Crippen molar-refractivity contribution in [2.75, 3.05) is 11.9 Å². The first-order valence-electron chi connectivity index (χ1n) is 6.39. The van der Waals surface area contributed by atoms with E-state index in [9.17, 15) is 0 Å². The van der Waals surface area contributed by atoms with Gasteiger partial charge in [-0.05, 0) is 38.1 Å². The lowest BCUT2D eigenvalue weighted by Gasteiger charge is -2.01. The van der Waals surface area contributed by atoms with Gasteiger partial charge in [-0.3, -0.25) is 0 Å². The number of nitrogens with zero attached hydrogens (tertiary/aromatic N) is 4. The molecule has 100 valence electrons. The fourth-order valence-electron chi connectivity index (χ4n) is 1.91. The van der Waals surface area contributed by atoms with Gasteiger partial charge in [-0.15, -0.1) is 0 Å². The maximum absolute atomic E-state index is 4.30. The van der Waals surface area contributed by atoms with Crippen LogP contribution in [0.3, 0.4) is 0 Å². The van der Waals surface area contributed by atoms with E-state index in [0.717, 1.165) is 29.6 Å². The summed E-state index contributed by atoms with van der Waals surface area (Å²) in [6, 6.07) is 7.93. The fraction of sp³-hybridized carbons (Fsp3) is 0.357. The van der Waals surface area contributed by atoms with E-state index in [1.54, 1.807) is 0 Å². The van der Waals surface area contributed by atoms with Gasteiger partial charge in [-0.25, -0.2) is 9.13 Å². The second kappa shape index (κ2) is 5.65. The molecule has 5 heteroatoms. The second-order valence-corrected chi connectivity index (χ2v) is 4.52. The number of benzene rings is 1. The number of hydrogen-bond acceptors (Lipinski definition) is 3. The largest absolute Gasteiger partial charge is 0.421 e. The van der Waals surface area contributed by atoms with Gasteiger partial charge in [0.05, 0.1) is 20.3 Å². The molecule has 2 rings (SSSR count). The highest BCUT2D eigenvalue weighted by atomic mass is 15.3. The summed E-state index contributed by atoms with van der Waals surface area (Å²) < 4.78 is 3.97. The molecule has 0 fully saturated rings. The van der Waals surface area contributed by atoms with Gasteiger partial charge in [0.1, 0.15) is 11.4 Å². The van der Waals surface area contributed by atoms with Gasteiger partial charge in [0.15, 0.2) is 0 Å². The SMILES string of the molecule is CCNc1ccc(N=Nc2n(C)c(C)c[n+]2C)cc1. The number of aryl methyl sites for hydroxylation is 2. The van der Waals surface area contributed by atoms with Crippen molar-refractivity contribution in [1.82, 2.24) is 4.57 Å². The van der Waals surface area contributed by atoms with Crippen LogP contribution in [0.4, 0.5) is 17.3 Å². The molecule has 19 heavy (non-hydrogen) atoms. The van der Waals surface area contributed by atoms with Crippen LogP contribution in [0.1, 0.15) is 12.6 Å². The Balaban J connectivity index is 2.18. The summed E-state index contributed by atoms with van der Waals surface area (Å²) in [5.41, 5.74) is 3.10. The molecule has 1 aromatic heterocycles. The minimum Gasteiger partial charge on any atom is -0.385 e. The van der Waals surface area contributed by atoms with Crippen LogP contribution in [-0.4, -0.2) is 11.1 Å². The van der Waals surface area contributed by atoms with Gasteiger partial charge >= 0.3 is 5.95 Å². The van der Waals surface area contributed by atoms with E-state index in [0.29, 0.717) is 0 Å². The number of aromatic nitrogens is 2. The first-order chi connectivity index (χ1) is 9.11. The zero-order chi connectivity index (χ0) is 13.8. The van der Waals surface area contributed by atoms with E-state index < -0.39 is 0 Å². The molecule has 0 bridgehead atoms. The normalized spacial score (nSPS) is 11.2. The molecule has 0 amide bonds. The third-order valence-electron chi connectivity index (χ3n) is 3.03. The van der Waals surface area contributed by atoms with Gasteiger partial charge in [-0.1, -0.05) is 5.11 Å². The van der Waals surface area contributed by atoms with Crippen LogP contribution in [0.2, 0.25) is 0 Å². The molecule has 5 nitrogen and oxygen atoms in total. The molecule has 0 spiro atoms. The maximum atomic E-state index is 4.30. The van der Waals surface area contributed by atoms with Crippen LogP contribution in [-0.2, 0) is 14.1 Å². The summed E-state index contributed by atoms with van der Waals surface area (Å²) in [5, 5.41) is 11.8. The first kappa shape index (κ1) is 13.3. The molecule has 2 aromatic rings. The lowest BCUT2D eigenvalue weighted by molar-refractivity contribution is -0.657. The molecule has 0 aliphatic rings. The van der Waals surface area contributed by atoms with E-state index in [4.69, 9.17) is 0 Å². The molecule has 0 aliphatic carbocycles. The Morgan fingerprint density at radius 1 is 1.21 bits per heavy atom. The molecule has 1 N–H and O–H groups in total. The number of hydrogen-bond donors (Lipinski definition) is 1. The molecule has 0 saturated carbocycles. The Hall–Kier alpha value is -2.17. The zero-order valence-electron chi connectivity index (χ0n) is 11.9. The van der Waals surface area contributed by atoms with Crippen molar-refractivity contribution < 1.29 is 4.57 Å². The van der Waals surface area contributed by atoms with Crippen molar-refractivity contribution in [3.8, 4) is 0 Å². The van der Waals surface area contributed by atoms with Gasteiger partial charge in [0.25, 0.3) is 0 Å². The fourth-order valence-corrected chi connectivity index (χ4v) is 1.91. The molecule has 0 radical (unpaired) electrons. The Kier molecular flexibility index (Phi) is 3.94. The Morgan fingerprint density at radius 2 is 1.89 bits per heavy atom. The van der Waals surface area contributed by atoms with Crippen LogP contribution < -0.4 is 9.88 Å². The van der Waals surface area contributed by atoms with Crippen molar-refractivity contribution in [1.29, 1.82) is 0 Å². The summed E-state index contributed by atoms with van der Waals surface area (Å²) in [5.74, 6) is 0.827. The Labute approximate surface area is 113 Å². The van der Waals surface area contributed by atoms with E-state index in [2.05, 4.69) is 22.5 Å². The minimum absolute atomic E-state index is 0.827. The third kappa shape index (κ3) is 2.99. The lowest BCUT2D eigenvalue weighted by Crippen LogP contribution is -2.25. The predicted octanol–water partition coefficient (Wildman–Crippen LogP) is 3.01. The van der Waals surface area contributed by atoms with Crippen LogP contribution in [0.25, 0.3) is 0 Å². The summed E-state index contributed by atoms with van der Waals surface area (Å²) in [6.45, 7) is 5.04. The predicted molar refractivity (Wildman–Crippen MR) is 76.1 cm³/mol. The molecule has 0 atom stereocenters. The standard InChI is InChI=1S/C14H19N5/c1-5-15-12-6-8-13(9-7-12)16-17-14-18(3)10-11(2)19(14)4/h6-10H,5H2,1-4H3/p+1. The monoisotopic (exact) mass is 258 g/mol. The minimum atomic E-state index is 0.827. The average Bonchev–Trinajstić information content (AvgIpc) is 2.64. The van der Waals surface area contributed by atoms with Crippen LogP contribution in [0.5, 0.6) is 0 Å². The van der Waals surface area contributed by atoms with Crippen LogP contribution >= 0.6 is 0 Å². The summed E-state index contributed by atoms with van der Waals surface area (Å²) in [4.78, 5) is 0. The number of azo groups is 1. The summed E-state index contributed by atoms with van der Waals surface area (Å²) in [6.07, 6.45) is 2.03. The van der Waals surface area contributed by atoms with Gasteiger partial charge in [-0.2, -0.15) is 0 Å². The molecular weight excluding hydrogens is 238 g/mol. The van der Waals surface area contributed by atoms with Gasteiger partial charge in [0.2, 0.25) is 0 Å². The zero-order valence-corrected chi connectivity index (χ0v) is 11.9. The number of anilines is 1. The first-order valence-corrected chi connectivity index (χ1v) is 6.39. The number of rotatable bonds is 4. The number of nitrogens with one attached hydrogen (secondary N) is 1. The Morgan fingerprint density at radius 3 is 2.42 bits per heavy atom. The van der Waals surface area contributed by atoms with Crippen molar-refractivity contribution in [3.05, 3.63) is 36.2 Å². The smallest absolute Gasteiger partial charge is 0.385 e. The third-order valence-corrected chi connectivity index (χ3v) is 3.03. The van der Waals surface area contributed by atoms with Crippen molar-refractivity contribution in [2.24, 2.45) is 24.3 Å². The van der Waals surface area contributed by atoms with Crippen LogP contribution in [0, 0.1) is 6.92 Å². The molecule has 0 unspecified atom stereocenters. The highest BCUT2D eigenvalue weighted by Gasteiger charge is 2.14. The highest BCUT2D eigenvalue weighted by molar-refractivity contribution is 5.50. The van der Waals surface area contributed by atoms with E-state index in [-0.39, 0.29) is 0 Å². The van der Waals surface area contributed by atoms with E-state index in [1.807, 2.05) is 60.6 Å². The van der Waals surface area contributed by atoms with Crippen LogP contribution in [0.15, 0.2) is 40.7 Å². The summed E-state index contributed by atoms with van der Waals surface area (Å²) in [7, 11) is 3.95. The quantitative estimate of drug-likeness (QED) is 0.665. The van der Waals surface area contributed by atoms with Crippen molar-refractivity contribution in [3.63, 3.8) is 0 Å². The highest BCUT2D eigenvalue weighted by Crippen LogP contribution is 2.19. The summed E-state index contributed by atoms with van der Waals surface area (Å²) >= 11 is 0. The molecule has 1 aromatic carbocycles. The second-order valence-electron chi connectivity index (χ2n) is 4.52. The van der Waals surface area contributed by atoms with Gasteiger partial charge < -0.3 is 5.32 Å². The van der Waals surface area contributed by atoms with Gasteiger partial charge in [0, 0.05) is 17.3 Å². The molecule has 0 aliphatic heterocycles. The number of imidazole rings is 1. The topological polar surface area (TPSA) is 45.6 Å². The Bertz CT molecular complexity index is 581. The average molecular weight is 258 g/mol. The maximum Gasteiger partial charge on any atom is 0.421 e. The van der Waals surface area contributed by atoms with Crippen molar-refractivity contribution in [2.45, 2.75) is 13.8 Å². The van der Waals surface area contributed by atoms with Crippen molar-refractivity contribution >= 4 is 17.3 Å².